The molecule has 0 amide bonds. The summed E-state index contributed by atoms with van der Waals surface area (Å²) in [5, 5.41) is 28.9. The Morgan fingerprint density at radius 2 is 1.25 bits per heavy atom. The van der Waals surface area contributed by atoms with E-state index in [4.69, 9.17) is 0 Å². The molecule has 0 heterocycles. The van der Waals surface area contributed by atoms with Crippen LogP contribution in [0.1, 0.15) is 96.8 Å². The van der Waals surface area contributed by atoms with Crippen LogP contribution in [0.5, 0.6) is 0 Å². The van der Waals surface area contributed by atoms with Crippen molar-refractivity contribution in [3.8, 4) is 0 Å². The number of hydrogen-bond donors (Lipinski definition) is 3. The average Bonchev–Trinajstić information content (AvgIpc) is 2.64. The molecule has 3 N–H and O–H groups in total. The fourth-order valence-corrected chi connectivity index (χ4v) is 3.40. The van der Waals surface area contributed by atoms with E-state index < -0.39 is 35.8 Å². The molecular formula is C21H38O7. The maximum atomic E-state index is 11.5. The number of aliphatic carboxylic acids is 2. The zero-order valence-electron chi connectivity index (χ0n) is 17.5. The SMILES string of the molecule is CCCCCCCCCCCCCC[C@@H](C(=O)O)[C@](O)(CC(=O)OC)C(=O)O. The summed E-state index contributed by atoms with van der Waals surface area (Å²) in [5.41, 5.74) is -2.66. The number of ether oxygens (including phenoxy) is 1. The molecule has 2 atom stereocenters. The number of methoxy groups -OCH3 is 1. The molecule has 0 rings (SSSR count). The van der Waals surface area contributed by atoms with Gasteiger partial charge in [0.1, 0.15) is 0 Å². The highest BCUT2D eigenvalue weighted by Crippen LogP contribution is 2.28. The summed E-state index contributed by atoms with van der Waals surface area (Å²) in [6.45, 7) is 2.21. The lowest BCUT2D eigenvalue weighted by Gasteiger charge is -2.28. The van der Waals surface area contributed by atoms with Crippen LogP contribution < -0.4 is 0 Å². The first-order chi connectivity index (χ1) is 13.3. The van der Waals surface area contributed by atoms with E-state index in [9.17, 15) is 29.7 Å². The van der Waals surface area contributed by atoms with Crippen LogP contribution in [0.2, 0.25) is 0 Å². The van der Waals surface area contributed by atoms with Gasteiger partial charge < -0.3 is 20.1 Å². The summed E-state index contributed by atoms with van der Waals surface area (Å²) in [6, 6.07) is 0. The molecule has 7 heteroatoms. The summed E-state index contributed by atoms with van der Waals surface area (Å²) in [7, 11) is 1.06. The molecule has 0 aliphatic carbocycles. The number of carboxylic acids is 2. The normalized spacial score (nSPS) is 14.2. The summed E-state index contributed by atoms with van der Waals surface area (Å²) in [6.07, 6.45) is 12.5. The quantitative estimate of drug-likeness (QED) is 0.232. The van der Waals surface area contributed by atoms with Crippen LogP contribution in [0.3, 0.4) is 0 Å². The van der Waals surface area contributed by atoms with E-state index in [2.05, 4.69) is 11.7 Å². The van der Waals surface area contributed by atoms with Gasteiger partial charge in [-0.1, -0.05) is 84.0 Å². The summed E-state index contributed by atoms with van der Waals surface area (Å²) in [4.78, 5) is 34.3. The van der Waals surface area contributed by atoms with Gasteiger partial charge in [0.05, 0.1) is 19.4 Å². The molecule has 0 aliphatic heterocycles. The average molecular weight is 403 g/mol. The molecule has 164 valence electrons. The Hall–Kier alpha value is -1.63. The predicted molar refractivity (Wildman–Crippen MR) is 106 cm³/mol. The minimum absolute atomic E-state index is 0.00650. The molecule has 0 aromatic carbocycles. The molecule has 0 radical (unpaired) electrons. The molecule has 0 saturated heterocycles. The van der Waals surface area contributed by atoms with Crippen LogP contribution >= 0.6 is 0 Å². The number of carboxylic acid groups (broad SMARTS) is 2. The number of rotatable bonds is 18. The Balaban J connectivity index is 4.15. The molecule has 0 aromatic heterocycles. The van der Waals surface area contributed by atoms with Gasteiger partial charge in [-0.05, 0) is 6.42 Å². The fourth-order valence-electron chi connectivity index (χ4n) is 3.40. The molecule has 0 saturated carbocycles. The topological polar surface area (TPSA) is 121 Å². The minimum atomic E-state index is -2.66. The van der Waals surface area contributed by atoms with Gasteiger partial charge in [-0.3, -0.25) is 9.59 Å². The zero-order valence-corrected chi connectivity index (χ0v) is 17.5. The van der Waals surface area contributed by atoms with Gasteiger partial charge in [-0.15, -0.1) is 0 Å². The first kappa shape index (κ1) is 26.4. The van der Waals surface area contributed by atoms with Gasteiger partial charge in [-0.2, -0.15) is 0 Å². The summed E-state index contributed by atoms with van der Waals surface area (Å²) < 4.78 is 4.39. The Morgan fingerprint density at radius 1 is 0.821 bits per heavy atom. The zero-order chi connectivity index (χ0) is 21.4. The van der Waals surface area contributed by atoms with Crippen LogP contribution in [0.15, 0.2) is 0 Å². The van der Waals surface area contributed by atoms with Crippen LogP contribution in [-0.4, -0.2) is 45.9 Å². The molecule has 0 unspecified atom stereocenters. The maximum absolute atomic E-state index is 11.5. The molecule has 28 heavy (non-hydrogen) atoms. The van der Waals surface area contributed by atoms with Gasteiger partial charge in [0.15, 0.2) is 5.60 Å². The first-order valence-electron chi connectivity index (χ1n) is 10.5. The summed E-state index contributed by atoms with van der Waals surface area (Å²) in [5.74, 6) is -5.64. The largest absolute Gasteiger partial charge is 0.481 e. The second-order valence-electron chi connectivity index (χ2n) is 7.55. The van der Waals surface area contributed by atoms with Gasteiger partial charge in [0, 0.05) is 0 Å². The van der Waals surface area contributed by atoms with Crippen molar-refractivity contribution in [2.45, 2.75) is 102 Å². The van der Waals surface area contributed by atoms with Crippen molar-refractivity contribution in [3.05, 3.63) is 0 Å². The lowest BCUT2D eigenvalue weighted by atomic mass is 9.81. The number of aliphatic hydroxyl groups is 1. The van der Waals surface area contributed by atoms with Crippen molar-refractivity contribution in [2.75, 3.05) is 7.11 Å². The Labute approximate surface area is 168 Å². The molecule has 0 aliphatic rings. The number of carbonyl (C=O) groups excluding carboxylic acids is 1. The smallest absolute Gasteiger partial charge is 0.337 e. The third-order valence-corrected chi connectivity index (χ3v) is 5.23. The van der Waals surface area contributed by atoms with Crippen molar-refractivity contribution in [1.29, 1.82) is 0 Å². The van der Waals surface area contributed by atoms with E-state index in [0.717, 1.165) is 32.8 Å². The van der Waals surface area contributed by atoms with Gasteiger partial charge >= 0.3 is 17.9 Å². The Morgan fingerprint density at radius 3 is 1.61 bits per heavy atom. The van der Waals surface area contributed by atoms with Crippen LogP contribution in [0.25, 0.3) is 0 Å². The van der Waals surface area contributed by atoms with Crippen molar-refractivity contribution < 1.29 is 34.4 Å². The second kappa shape index (κ2) is 15.3. The van der Waals surface area contributed by atoms with Crippen molar-refractivity contribution in [1.82, 2.24) is 0 Å². The van der Waals surface area contributed by atoms with Crippen molar-refractivity contribution >= 4 is 17.9 Å². The van der Waals surface area contributed by atoms with Crippen LogP contribution in [0.4, 0.5) is 0 Å². The number of carbonyl (C=O) groups is 3. The third-order valence-electron chi connectivity index (χ3n) is 5.23. The highest BCUT2D eigenvalue weighted by Gasteiger charge is 2.49. The maximum Gasteiger partial charge on any atom is 0.337 e. The first-order valence-corrected chi connectivity index (χ1v) is 10.5. The lowest BCUT2D eigenvalue weighted by Crippen LogP contribution is -2.50. The number of unbranched alkanes of at least 4 members (excludes halogenated alkanes) is 11. The van der Waals surface area contributed by atoms with E-state index in [1.807, 2.05) is 0 Å². The monoisotopic (exact) mass is 402 g/mol. The number of esters is 1. The molecule has 0 bridgehead atoms. The lowest BCUT2D eigenvalue weighted by molar-refractivity contribution is -0.180. The Bertz CT molecular complexity index is 464. The van der Waals surface area contributed by atoms with E-state index in [1.165, 1.54) is 44.9 Å². The van der Waals surface area contributed by atoms with Crippen LogP contribution in [-0.2, 0) is 19.1 Å². The highest BCUT2D eigenvalue weighted by molar-refractivity contribution is 5.89. The number of hydrogen-bond acceptors (Lipinski definition) is 5. The Kier molecular flexibility index (Phi) is 14.4. The molecular weight excluding hydrogens is 364 g/mol. The van der Waals surface area contributed by atoms with E-state index in [0.29, 0.717) is 6.42 Å². The minimum Gasteiger partial charge on any atom is -0.481 e. The molecule has 0 fully saturated rings. The molecule has 0 aromatic rings. The van der Waals surface area contributed by atoms with Gasteiger partial charge in [0.2, 0.25) is 0 Å². The second-order valence-corrected chi connectivity index (χ2v) is 7.55. The van der Waals surface area contributed by atoms with Crippen LogP contribution in [0, 0.1) is 5.92 Å². The standard InChI is InChI=1S/C21H38O7/c1-3-4-5-6-7-8-9-10-11-12-13-14-15-17(19(23)24)21(27,20(25)26)16-18(22)28-2/h17,27H,3-16H2,1-2H3,(H,23,24)(H,25,26)/t17-,21+/m0/s1. The fraction of sp³-hybridized carbons (Fsp3) is 0.857. The van der Waals surface area contributed by atoms with E-state index >= 15 is 0 Å². The third kappa shape index (κ3) is 10.6. The van der Waals surface area contributed by atoms with Crippen molar-refractivity contribution in [3.63, 3.8) is 0 Å². The molecule has 7 nitrogen and oxygen atoms in total. The van der Waals surface area contributed by atoms with Crippen molar-refractivity contribution in [2.24, 2.45) is 5.92 Å². The van der Waals surface area contributed by atoms with E-state index in [-0.39, 0.29) is 6.42 Å². The molecule has 0 spiro atoms. The predicted octanol–water partition coefficient (Wildman–Crippen LogP) is 4.16. The highest BCUT2D eigenvalue weighted by atomic mass is 16.5. The van der Waals surface area contributed by atoms with E-state index in [1.54, 1.807) is 0 Å². The van der Waals surface area contributed by atoms with Gasteiger partial charge in [0.25, 0.3) is 0 Å². The summed E-state index contributed by atoms with van der Waals surface area (Å²) >= 11 is 0. The van der Waals surface area contributed by atoms with Gasteiger partial charge in [-0.25, -0.2) is 4.79 Å².